The Morgan fingerprint density at radius 2 is 1.21 bits per heavy atom. The van der Waals surface area contributed by atoms with Crippen LogP contribution < -0.4 is 5.32 Å². The summed E-state index contributed by atoms with van der Waals surface area (Å²) in [6.07, 6.45) is 0. The van der Waals surface area contributed by atoms with E-state index in [4.69, 9.17) is 0 Å². The monoisotopic (exact) mass is 748 g/mol. The van der Waals surface area contributed by atoms with Gasteiger partial charge in [0.15, 0.2) is 0 Å². The summed E-state index contributed by atoms with van der Waals surface area (Å²) < 4.78 is 66.1. The minimum Gasteiger partial charge on any atom is -0.493 e. The number of aliphatic hydroxyl groups excluding tert-OH is 1. The van der Waals surface area contributed by atoms with Crippen molar-refractivity contribution < 1.29 is 35.8 Å². The van der Waals surface area contributed by atoms with Crippen molar-refractivity contribution >= 4 is 76.9 Å². The van der Waals surface area contributed by atoms with E-state index in [0.717, 1.165) is 11.6 Å². The van der Waals surface area contributed by atoms with Gasteiger partial charge in [-0.25, -0.2) is 4.99 Å². The van der Waals surface area contributed by atoms with Crippen molar-refractivity contribution in [1.29, 1.82) is 0 Å². The summed E-state index contributed by atoms with van der Waals surface area (Å²) in [6.45, 7) is 1.83. The van der Waals surface area contributed by atoms with Crippen LogP contribution in [0, 0.1) is 6.92 Å². The van der Waals surface area contributed by atoms with Gasteiger partial charge in [-0.2, -0.15) is 37.3 Å². The molecule has 4 N–H and O–H groups in total. The molecule has 6 aromatic rings. The number of anilines is 1. The molecule has 0 atom stereocenters. The van der Waals surface area contributed by atoms with Gasteiger partial charge >= 0.3 is 0 Å². The third-order valence-electron chi connectivity index (χ3n) is 7.71. The van der Waals surface area contributed by atoms with E-state index in [1.165, 1.54) is 18.2 Å². The lowest BCUT2D eigenvalue weighted by molar-refractivity contribution is 0.102. The third kappa shape index (κ3) is 9.07. The molecule has 0 radical (unpaired) electrons. The van der Waals surface area contributed by atoms with Crippen LogP contribution in [0.5, 0.6) is 0 Å². The van der Waals surface area contributed by atoms with Crippen molar-refractivity contribution in [2.75, 3.05) is 5.32 Å². The van der Waals surface area contributed by atoms with Gasteiger partial charge in [0.2, 0.25) is 5.90 Å². The number of amides is 1. The minimum absolute atomic E-state index is 0.0171. The standard InChI is InChI=1S/C37H28N6O8S2/c1-23-19-30(39-37(45)25-7-10-27(11-8-25)38-36(44)24-5-3-2-4-6-24)17-18-34(23)43-41-29-15-13-28(14-16-29)40-42-31-12-9-26-20-32(52(46,47)48)22-35(33(26)21-31)53(49,50)51/h2-22H,1H3,(H,38,44)(H,39,45)(H,46,47,48)(H,49,50,51). The Balaban J connectivity index is 1.10. The second kappa shape index (κ2) is 15.0. The molecule has 6 rings (SSSR count). The Morgan fingerprint density at radius 3 is 1.83 bits per heavy atom. The van der Waals surface area contributed by atoms with Gasteiger partial charge in [0.1, 0.15) is 4.90 Å². The van der Waals surface area contributed by atoms with Crippen LogP contribution in [-0.4, -0.2) is 42.9 Å². The van der Waals surface area contributed by atoms with Gasteiger partial charge in [-0.05, 0) is 121 Å². The first kappa shape index (κ1) is 36.3. The summed E-state index contributed by atoms with van der Waals surface area (Å²) in [6, 6.07) is 33.1. The number of benzene rings is 6. The van der Waals surface area contributed by atoms with Crippen LogP contribution in [-0.2, 0) is 20.2 Å². The minimum atomic E-state index is -4.85. The molecule has 16 heteroatoms. The highest BCUT2D eigenvalue weighted by molar-refractivity contribution is 7.86. The van der Waals surface area contributed by atoms with Gasteiger partial charge in [-0.3, -0.25) is 13.9 Å². The van der Waals surface area contributed by atoms with Gasteiger partial charge in [0, 0.05) is 22.2 Å². The number of hydrogen-bond donors (Lipinski definition) is 4. The molecule has 266 valence electrons. The molecule has 0 heterocycles. The van der Waals surface area contributed by atoms with Gasteiger partial charge in [-0.15, -0.1) is 0 Å². The number of aryl methyl sites for hydroxylation is 1. The molecule has 0 aliphatic heterocycles. The van der Waals surface area contributed by atoms with Crippen molar-refractivity contribution in [3.05, 3.63) is 144 Å². The predicted octanol–water partition coefficient (Wildman–Crippen LogP) is 9.36. The van der Waals surface area contributed by atoms with Gasteiger partial charge < -0.3 is 10.4 Å². The Kier molecular flexibility index (Phi) is 10.3. The van der Waals surface area contributed by atoms with Gasteiger partial charge in [-0.1, -0.05) is 24.3 Å². The topological polar surface area (TPSA) is 220 Å². The highest BCUT2D eigenvalue weighted by Crippen LogP contribution is 2.32. The maximum Gasteiger partial charge on any atom is 0.295 e. The summed E-state index contributed by atoms with van der Waals surface area (Å²) in [5.74, 6) is -0.441. The molecule has 0 saturated heterocycles. The van der Waals surface area contributed by atoms with E-state index in [0.29, 0.717) is 45.6 Å². The highest BCUT2D eigenvalue weighted by atomic mass is 32.2. The largest absolute Gasteiger partial charge is 0.493 e. The lowest BCUT2D eigenvalue weighted by Gasteiger charge is -2.07. The van der Waals surface area contributed by atoms with E-state index in [-0.39, 0.29) is 28.3 Å². The summed E-state index contributed by atoms with van der Waals surface area (Å²) in [4.78, 5) is 15.3. The molecule has 0 bridgehead atoms. The maximum atomic E-state index is 12.4. The molecule has 0 saturated carbocycles. The predicted molar refractivity (Wildman–Crippen MR) is 199 cm³/mol. The summed E-state index contributed by atoms with van der Waals surface area (Å²) in [5, 5.41) is 30.4. The molecule has 0 aromatic heterocycles. The number of carbonyl (C=O) groups excluding carboxylic acids is 1. The normalized spacial score (nSPS) is 12.5. The quantitative estimate of drug-likeness (QED) is 0.0456. The van der Waals surface area contributed by atoms with E-state index in [2.05, 4.69) is 30.8 Å². The smallest absolute Gasteiger partial charge is 0.295 e. The number of aliphatic hydroxyl groups is 1. The Morgan fingerprint density at radius 1 is 0.604 bits per heavy atom. The van der Waals surface area contributed by atoms with Crippen molar-refractivity contribution in [2.45, 2.75) is 16.7 Å². The zero-order valence-corrected chi connectivity index (χ0v) is 29.2. The fourth-order valence-electron chi connectivity index (χ4n) is 5.03. The van der Waals surface area contributed by atoms with E-state index in [1.54, 1.807) is 91.0 Å². The van der Waals surface area contributed by atoms with E-state index < -0.39 is 30.0 Å². The number of fused-ring (bicyclic) bond motifs is 1. The molecule has 0 aliphatic carbocycles. The van der Waals surface area contributed by atoms with Crippen molar-refractivity contribution in [3.8, 4) is 0 Å². The molecule has 53 heavy (non-hydrogen) atoms. The summed E-state index contributed by atoms with van der Waals surface area (Å²) in [7, 11) is -9.59. The number of nitrogens with zero attached hydrogens (tertiary/aromatic N) is 5. The summed E-state index contributed by atoms with van der Waals surface area (Å²) in [5.41, 5.74) is 4.57. The zero-order chi connectivity index (χ0) is 37.8. The second-order valence-electron chi connectivity index (χ2n) is 11.5. The van der Waals surface area contributed by atoms with E-state index >= 15 is 0 Å². The molecule has 14 nitrogen and oxygen atoms in total. The van der Waals surface area contributed by atoms with Crippen molar-refractivity contribution in [1.82, 2.24) is 0 Å². The lowest BCUT2D eigenvalue weighted by Crippen LogP contribution is -2.11. The fraction of sp³-hybridized carbons (Fsp3) is 0.0270. The second-order valence-corrected chi connectivity index (χ2v) is 14.3. The molecule has 0 spiro atoms. The SMILES string of the molecule is Cc1cc(N=C(O)c2ccc(NC(=O)c3ccccc3)cc2)ccc1N=Nc1ccc(N=Nc2ccc3cc(S(=O)(=O)O)cc(S(=O)(=O)O)c3c2)cc1. The van der Waals surface area contributed by atoms with Crippen molar-refractivity contribution in [2.24, 2.45) is 25.4 Å². The zero-order valence-electron chi connectivity index (χ0n) is 27.6. The van der Waals surface area contributed by atoms with Crippen LogP contribution in [0.2, 0.25) is 0 Å². The van der Waals surface area contributed by atoms with Crippen LogP contribution in [0.1, 0.15) is 21.5 Å². The highest BCUT2D eigenvalue weighted by Gasteiger charge is 2.20. The van der Waals surface area contributed by atoms with E-state index in [1.807, 2.05) is 13.0 Å². The van der Waals surface area contributed by atoms with Crippen LogP contribution in [0.4, 0.5) is 34.1 Å². The third-order valence-corrected chi connectivity index (χ3v) is 9.43. The number of carbonyl (C=O) groups is 1. The number of rotatable bonds is 10. The molecule has 0 aliphatic rings. The number of nitrogens with one attached hydrogen (secondary N) is 1. The van der Waals surface area contributed by atoms with Gasteiger partial charge in [0.25, 0.3) is 26.1 Å². The molecular formula is C37H28N6O8S2. The average molecular weight is 749 g/mol. The first-order chi connectivity index (χ1) is 25.2. The first-order valence-corrected chi connectivity index (χ1v) is 18.4. The van der Waals surface area contributed by atoms with Gasteiger partial charge in [0.05, 0.1) is 33.3 Å². The first-order valence-electron chi connectivity index (χ1n) is 15.5. The number of hydrogen-bond acceptors (Lipinski definition) is 10. The molecule has 0 unspecified atom stereocenters. The maximum absolute atomic E-state index is 12.4. The Hall–Kier alpha value is -6.46. The molecular weight excluding hydrogens is 721 g/mol. The van der Waals surface area contributed by atoms with Crippen LogP contribution in [0.3, 0.4) is 0 Å². The molecule has 1 amide bonds. The average Bonchev–Trinajstić information content (AvgIpc) is 3.13. The lowest BCUT2D eigenvalue weighted by atomic mass is 10.1. The Bertz CT molecular complexity index is 2670. The number of azo groups is 2. The fourth-order valence-corrected chi connectivity index (χ4v) is 6.37. The Labute approximate surface area is 303 Å². The number of aliphatic imine (C=N–C) groups is 1. The van der Waals surface area contributed by atoms with Crippen molar-refractivity contribution in [3.63, 3.8) is 0 Å². The summed E-state index contributed by atoms with van der Waals surface area (Å²) >= 11 is 0. The van der Waals surface area contributed by atoms with Crippen LogP contribution >= 0.6 is 0 Å². The van der Waals surface area contributed by atoms with Crippen LogP contribution in [0.25, 0.3) is 10.8 Å². The molecule has 0 fully saturated rings. The van der Waals surface area contributed by atoms with Crippen LogP contribution in [0.15, 0.2) is 163 Å². The molecule has 6 aromatic carbocycles. The van der Waals surface area contributed by atoms with E-state index in [9.17, 15) is 35.8 Å².